The Morgan fingerprint density at radius 1 is 1.35 bits per heavy atom. The summed E-state index contributed by atoms with van der Waals surface area (Å²) < 4.78 is 5.02. The van der Waals surface area contributed by atoms with Gasteiger partial charge in [0, 0.05) is 13.3 Å². The Morgan fingerprint density at radius 3 is 2.80 bits per heavy atom. The van der Waals surface area contributed by atoms with E-state index in [2.05, 4.69) is 17.5 Å². The van der Waals surface area contributed by atoms with Crippen LogP contribution >= 0.6 is 0 Å². The van der Waals surface area contributed by atoms with Gasteiger partial charge in [-0.3, -0.25) is 4.79 Å². The molecular formula is C16H19NO3. The summed E-state index contributed by atoms with van der Waals surface area (Å²) >= 11 is 0. The Labute approximate surface area is 118 Å². The van der Waals surface area contributed by atoms with Crippen LogP contribution in [-0.2, 0) is 20.7 Å². The van der Waals surface area contributed by atoms with Crippen LogP contribution in [0.1, 0.15) is 31.4 Å². The third-order valence-electron chi connectivity index (χ3n) is 3.30. The van der Waals surface area contributed by atoms with E-state index in [1.165, 1.54) is 12.5 Å². The quantitative estimate of drug-likeness (QED) is 0.836. The number of hydrogen-bond donors (Lipinski definition) is 1. The summed E-state index contributed by atoms with van der Waals surface area (Å²) in [4.78, 5) is 23.2. The van der Waals surface area contributed by atoms with E-state index in [1.54, 1.807) is 6.92 Å². The van der Waals surface area contributed by atoms with Gasteiger partial charge in [-0.2, -0.15) is 0 Å². The molecule has 0 saturated carbocycles. The van der Waals surface area contributed by atoms with E-state index in [-0.39, 0.29) is 11.9 Å². The van der Waals surface area contributed by atoms with Crippen LogP contribution in [0.25, 0.3) is 5.57 Å². The molecule has 4 nitrogen and oxygen atoms in total. The molecule has 0 unspecified atom stereocenters. The van der Waals surface area contributed by atoms with Crippen molar-refractivity contribution in [2.24, 2.45) is 0 Å². The maximum absolute atomic E-state index is 11.9. The molecule has 1 aromatic carbocycles. The van der Waals surface area contributed by atoms with Crippen LogP contribution in [0, 0.1) is 0 Å². The van der Waals surface area contributed by atoms with Gasteiger partial charge in [-0.25, -0.2) is 4.79 Å². The molecule has 2 rings (SSSR count). The fourth-order valence-corrected chi connectivity index (χ4v) is 2.45. The van der Waals surface area contributed by atoms with Crippen molar-refractivity contribution in [1.82, 2.24) is 5.32 Å². The number of carbonyl (C=O) groups is 2. The van der Waals surface area contributed by atoms with Crippen molar-refractivity contribution in [2.75, 3.05) is 6.61 Å². The number of ether oxygens (including phenoxy) is 1. The molecule has 0 spiro atoms. The molecule has 1 atom stereocenters. The second-order valence-electron chi connectivity index (χ2n) is 4.80. The molecule has 1 N–H and O–H groups in total. The lowest BCUT2D eigenvalue weighted by atomic mass is 9.99. The first-order valence-corrected chi connectivity index (χ1v) is 6.83. The molecule has 0 radical (unpaired) electrons. The molecule has 106 valence electrons. The van der Waals surface area contributed by atoms with Gasteiger partial charge < -0.3 is 10.1 Å². The molecule has 0 heterocycles. The predicted molar refractivity (Wildman–Crippen MR) is 77.0 cm³/mol. The summed E-state index contributed by atoms with van der Waals surface area (Å²) in [6.45, 7) is 3.47. The van der Waals surface area contributed by atoms with E-state index in [1.807, 2.05) is 18.2 Å². The summed E-state index contributed by atoms with van der Waals surface area (Å²) in [5, 5.41) is 2.67. The Bertz CT molecular complexity index is 548. The van der Waals surface area contributed by atoms with Crippen molar-refractivity contribution in [1.29, 1.82) is 0 Å². The average molecular weight is 273 g/mol. The lowest BCUT2D eigenvalue weighted by Crippen LogP contribution is -2.40. The number of benzene rings is 1. The topological polar surface area (TPSA) is 55.4 Å². The van der Waals surface area contributed by atoms with Gasteiger partial charge in [0.05, 0.1) is 6.61 Å². The summed E-state index contributed by atoms with van der Waals surface area (Å²) in [5.74, 6) is -0.608. The van der Waals surface area contributed by atoms with Crippen molar-refractivity contribution in [3.8, 4) is 0 Å². The van der Waals surface area contributed by atoms with E-state index >= 15 is 0 Å². The molecule has 0 aromatic heterocycles. The summed E-state index contributed by atoms with van der Waals surface area (Å²) in [5.41, 5.74) is 3.51. The minimum atomic E-state index is -0.621. The minimum absolute atomic E-state index is 0.227. The third kappa shape index (κ3) is 3.26. The van der Waals surface area contributed by atoms with Crippen LogP contribution in [0.15, 0.2) is 30.3 Å². The first-order valence-electron chi connectivity index (χ1n) is 6.83. The number of esters is 1. The fourth-order valence-electron chi connectivity index (χ4n) is 2.45. The van der Waals surface area contributed by atoms with Crippen LogP contribution in [0.2, 0.25) is 0 Å². The molecule has 1 aliphatic carbocycles. The maximum atomic E-state index is 11.9. The highest BCUT2D eigenvalue weighted by Crippen LogP contribution is 2.30. The van der Waals surface area contributed by atoms with Gasteiger partial charge in [-0.05, 0) is 30.0 Å². The monoisotopic (exact) mass is 273 g/mol. The van der Waals surface area contributed by atoms with E-state index in [0.29, 0.717) is 13.0 Å². The molecule has 0 aliphatic heterocycles. The minimum Gasteiger partial charge on any atom is -0.464 e. The molecule has 0 fully saturated rings. The second kappa shape index (κ2) is 6.37. The largest absolute Gasteiger partial charge is 0.464 e. The number of nitrogens with one attached hydrogen (secondary N) is 1. The van der Waals surface area contributed by atoms with Gasteiger partial charge in [-0.15, -0.1) is 0 Å². The number of allylic oxidation sites excluding steroid dienone is 1. The standard InChI is InChI=1S/C16H19NO3/c1-3-20-16(19)15(17-11(2)18)10-13-9-8-12-6-4-5-7-14(12)13/h4-7,9,15H,3,8,10H2,1-2H3,(H,17,18)/t15-/m0/s1. The number of rotatable bonds is 5. The number of amides is 1. The Morgan fingerprint density at radius 2 is 2.10 bits per heavy atom. The van der Waals surface area contributed by atoms with Gasteiger partial charge >= 0.3 is 5.97 Å². The molecular weight excluding hydrogens is 254 g/mol. The summed E-state index contributed by atoms with van der Waals surface area (Å²) in [7, 11) is 0. The van der Waals surface area contributed by atoms with Crippen LogP contribution in [0.3, 0.4) is 0 Å². The fraction of sp³-hybridized carbons (Fsp3) is 0.375. The first kappa shape index (κ1) is 14.3. The van der Waals surface area contributed by atoms with Crippen LogP contribution in [-0.4, -0.2) is 24.5 Å². The van der Waals surface area contributed by atoms with Gasteiger partial charge in [-0.1, -0.05) is 30.3 Å². The highest BCUT2D eigenvalue weighted by atomic mass is 16.5. The van der Waals surface area contributed by atoms with E-state index in [4.69, 9.17) is 4.74 Å². The van der Waals surface area contributed by atoms with Crippen LogP contribution < -0.4 is 5.32 Å². The molecule has 1 amide bonds. The lowest BCUT2D eigenvalue weighted by molar-refractivity contribution is -0.147. The number of carbonyl (C=O) groups excluding carboxylic acids is 2. The lowest BCUT2D eigenvalue weighted by Gasteiger charge is -2.17. The Balaban J connectivity index is 2.13. The number of fused-ring (bicyclic) bond motifs is 1. The zero-order chi connectivity index (χ0) is 14.5. The summed E-state index contributed by atoms with van der Waals surface area (Å²) in [6.07, 6.45) is 3.45. The molecule has 1 aliphatic rings. The number of hydrogen-bond acceptors (Lipinski definition) is 3. The maximum Gasteiger partial charge on any atom is 0.328 e. The van der Waals surface area contributed by atoms with E-state index in [0.717, 1.165) is 17.6 Å². The van der Waals surface area contributed by atoms with Crippen molar-refractivity contribution < 1.29 is 14.3 Å². The van der Waals surface area contributed by atoms with Crippen LogP contribution in [0.5, 0.6) is 0 Å². The van der Waals surface area contributed by atoms with Gasteiger partial charge in [0.15, 0.2) is 0 Å². The molecule has 0 saturated heterocycles. The van der Waals surface area contributed by atoms with Crippen molar-refractivity contribution in [2.45, 2.75) is 32.7 Å². The van der Waals surface area contributed by atoms with E-state index < -0.39 is 6.04 Å². The molecule has 20 heavy (non-hydrogen) atoms. The second-order valence-corrected chi connectivity index (χ2v) is 4.80. The van der Waals surface area contributed by atoms with Crippen molar-refractivity contribution in [3.63, 3.8) is 0 Å². The molecule has 1 aromatic rings. The highest BCUT2D eigenvalue weighted by Gasteiger charge is 2.24. The van der Waals surface area contributed by atoms with Crippen molar-refractivity contribution in [3.05, 3.63) is 41.5 Å². The van der Waals surface area contributed by atoms with Crippen molar-refractivity contribution >= 4 is 17.4 Å². The smallest absolute Gasteiger partial charge is 0.328 e. The third-order valence-corrected chi connectivity index (χ3v) is 3.30. The van der Waals surface area contributed by atoms with Crippen LogP contribution in [0.4, 0.5) is 0 Å². The Kier molecular flexibility index (Phi) is 4.56. The normalized spacial score (nSPS) is 14.2. The zero-order valence-corrected chi connectivity index (χ0v) is 11.8. The zero-order valence-electron chi connectivity index (χ0n) is 11.8. The molecule has 4 heteroatoms. The Hall–Kier alpha value is -2.10. The highest BCUT2D eigenvalue weighted by molar-refractivity contribution is 5.86. The molecule has 0 bridgehead atoms. The average Bonchev–Trinajstić information content (AvgIpc) is 2.81. The first-order chi connectivity index (χ1) is 9.61. The van der Waals surface area contributed by atoms with Gasteiger partial charge in [0.2, 0.25) is 5.91 Å². The van der Waals surface area contributed by atoms with Gasteiger partial charge in [0.1, 0.15) is 6.04 Å². The van der Waals surface area contributed by atoms with Gasteiger partial charge in [0.25, 0.3) is 0 Å². The SMILES string of the molecule is CCOC(=O)[C@H](CC1=CCc2ccccc21)NC(C)=O. The predicted octanol–water partition coefficient (Wildman–Crippen LogP) is 2.08. The van der Waals surface area contributed by atoms with E-state index in [9.17, 15) is 9.59 Å². The summed E-state index contributed by atoms with van der Waals surface area (Å²) in [6, 6.07) is 7.49.